The maximum atomic E-state index is 12.0. The second-order valence-corrected chi connectivity index (χ2v) is 6.14. The van der Waals surface area contributed by atoms with Crippen LogP contribution in [0.1, 0.15) is 18.2 Å². The molecule has 0 amide bonds. The van der Waals surface area contributed by atoms with Crippen molar-refractivity contribution in [2.75, 3.05) is 13.7 Å². The van der Waals surface area contributed by atoms with Crippen molar-refractivity contribution in [2.45, 2.75) is 26.3 Å². The maximum Gasteiger partial charge on any atom is 0.323 e. The van der Waals surface area contributed by atoms with Crippen molar-refractivity contribution in [1.82, 2.24) is 9.38 Å². The number of imidazole rings is 1. The molecule has 6 nitrogen and oxygen atoms in total. The Balaban J connectivity index is 2.11. The predicted molar refractivity (Wildman–Crippen MR) is 100 cm³/mol. The Morgan fingerprint density at radius 2 is 2.12 bits per heavy atom. The number of hydrogen-bond donors (Lipinski definition) is 1. The number of methoxy groups -OCH3 is 1. The van der Waals surface area contributed by atoms with Crippen LogP contribution in [0.25, 0.3) is 16.9 Å². The molecule has 0 radical (unpaired) electrons. The molecular weight excluding hydrogens is 330 g/mol. The molecule has 2 heterocycles. The van der Waals surface area contributed by atoms with Gasteiger partial charge in [0.25, 0.3) is 0 Å². The van der Waals surface area contributed by atoms with Gasteiger partial charge in [0.15, 0.2) is 0 Å². The monoisotopic (exact) mass is 353 g/mol. The van der Waals surface area contributed by atoms with Gasteiger partial charge in [-0.2, -0.15) is 0 Å². The Bertz CT molecular complexity index is 933. The first-order chi connectivity index (χ1) is 12.5. The van der Waals surface area contributed by atoms with Gasteiger partial charge in [-0.3, -0.25) is 4.79 Å². The Hall–Kier alpha value is -2.86. The third kappa shape index (κ3) is 3.55. The van der Waals surface area contributed by atoms with Crippen LogP contribution in [0, 0.1) is 6.92 Å². The average Bonchev–Trinajstić information content (AvgIpc) is 2.99. The number of nitrogens with two attached hydrogens (primary N) is 1. The zero-order valence-electron chi connectivity index (χ0n) is 15.2. The van der Waals surface area contributed by atoms with E-state index in [-0.39, 0.29) is 0 Å². The number of carbonyl (C=O) groups is 1. The Kier molecular flexibility index (Phi) is 5.23. The summed E-state index contributed by atoms with van der Waals surface area (Å²) >= 11 is 0. The average molecular weight is 353 g/mol. The largest absolute Gasteiger partial charge is 0.497 e. The van der Waals surface area contributed by atoms with Crippen LogP contribution >= 0.6 is 0 Å². The van der Waals surface area contributed by atoms with E-state index in [0.29, 0.717) is 13.0 Å². The Labute approximate surface area is 152 Å². The lowest BCUT2D eigenvalue weighted by atomic mass is 10.1. The molecule has 2 aromatic heterocycles. The van der Waals surface area contributed by atoms with Crippen LogP contribution in [0.3, 0.4) is 0 Å². The number of nitrogens with zero attached hydrogens (tertiary/aromatic N) is 2. The molecule has 0 aliphatic rings. The summed E-state index contributed by atoms with van der Waals surface area (Å²) in [5.74, 6) is 0.336. The minimum absolute atomic E-state index is 0.307. The van der Waals surface area contributed by atoms with Crippen LogP contribution in [0.15, 0.2) is 42.6 Å². The number of carbonyl (C=O) groups excluding carboxylic acids is 1. The molecule has 0 saturated carbocycles. The Morgan fingerprint density at radius 3 is 2.85 bits per heavy atom. The molecule has 3 aromatic rings. The van der Waals surface area contributed by atoms with E-state index in [1.165, 1.54) is 0 Å². The number of pyridine rings is 1. The van der Waals surface area contributed by atoms with E-state index in [4.69, 9.17) is 20.2 Å². The van der Waals surface area contributed by atoms with Crippen molar-refractivity contribution in [3.8, 4) is 17.0 Å². The lowest BCUT2D eigenvalue weighted by molar-refractivity contribution is -0.144. The number of fused-ring (bicyclic) bond motifs is 1. The first kappa shape index (κ1) is 17.9. The lowest BCUT2D eigenvalue weighted by Gasteiger charge is -2.12. The second kappa shape index (κ2) is 7.58. The quantitative estimate of drug-likeness (QED) is 0.690. The predicted octanol–water partition coefficient (Wildman–Crippen LogP) is 2.75. The summed E-state index contributed by atoms with van der Waals surface area (Å²) in [7, 11) is 1.63. The fourth-order valence-electron chi connectivity index (χ4n) is 2.94. The lowest BCUT2D eigenvalue weighted by Crippen LogP contribution is -2.34. The van der Waals surface area contributed by atoms with Crippen molar-refractivity contribution >= 4 is 11.6 Å². The van der Waals surface area contributed by atoms with E-state index < -0.39 is 12.0 Å². The van der Waals surface area contributed by atoms with Crippen LogP contribution in [-0.4, -0.2) is 35.1 Å². The van der Waals surface area contributed by atoms with Gasteiger partial charge < -0.3 is 19.6 Å². The topological polar surface area (TPSA) is 78.8 Å². The van der Waals surface area contributed by atoms with Crippen LogP contribution in [0.2, 0.25) is 0 Å². The number of hydrogen-bond acceptors (Lipinski definition) is 5. The van der Waals surface area contributed by atoms with E-state index >= 15 is 0 Å². The molecule has 0 fully saturated rings. The van der Waals surface area contributed by atoms with E-state index in [2.05, 4.69) is 0 Å². The standard InChI is InChI=1S/C20H23N3O3/c1-4-26-20(24)16(21)11-17-19(14-6-5-7-15(10-14)25-3)22-18-9-8-13(2)12-23(17)18/h5-10,12,16H,4,11,21H2,1-3H3. The molecule has 1 atom stereocenters. The fourth-order valence-corrected chi connectivity index (χ4v) is 2.94. The maximum absolute atomic E-state index is 12.0. The van der Waals surface area contributed by atoms with Gasteiger partial charge in [-0.15, -0.1) is 0 Å². The van der Waals surface area contributed by atoms with Gasteiger partial charge in [0.1, 0.15) is 17.4 Å². The van der Waals surface area contributed by atoms with Crippen LogP contribution in [0.5, 0.6) is 5.75 Å². The molecule has 0 spiro atoms. The number of ether oxygens (including phenoxy) is 2. The van der Waals surface area contributed by atoms with Crippen molar-refractivity contribution in [3.63, 3.8) is 0 Å². The highest BCUT2D eigenvalue weighted by molar-refractivity contribution is 5.77. The number of aromatic nitrogens is 2. The number of aryl methyl sites for hydroxylation is 1. The van der Waals surface area contributed by atoms with E-state index in [1.54, 1.807) is 14.0 Å². The molecule has 0 saturated heterocycles. The molecule has 0 aliphatic heterocycles. The molecular formula is C20H23N3O3. The third-order valence-electron chi connectivity index (χ3n) is 4.21. The third-order valence-corrected chi connectivity index (χ3v) is 4.21. The first-order valence-electron chi connectivity index (χ1n) is 8.57. The minimum atomic E-state index is -0.750. The number of benzene rings is 1. The van der Waals surface area contributed by atoms with Gasteiger partial charge in [-0.05, 0) is 37.6 Å². The molecule has 3 rings (SSSR count). The van der Waals surface area contributed by atoms with Crippen molar-refractivity contribution < 1.29 is 14.3 Å². The molecule has 136 valence electrons. The number of esters is 1. The second-order valence-electron chi connectivity index (χ2n) is 6.14. The van der Waals surface area contributed by atoms with Gasteiger partial charge in [0, 0.05) is 18.2 Å². The van der Waals surface area contributed by atoms with Gasteiger partial charge >= 0.3 is 5.97 Å². The SMILES string of the molecule is CCOC(=O)C(N)Cc1c(-c2cccc(OC)c2)nc2ccc(C)cn12. The van der Waals surface area contributed by atoms with Crippen LogP contribution < -0.4 is 10.5 Å². The minimum Gasteiger partial charge on any atom is -0.497 e. The molecule has 6 heteroatoms. The zero-order chi connectivity index (χ0) is 18.7. The summed E-state index contributed by atoms with van der Waals surface area (Å²) in [6.45, 7) is 4.09. The first-order valence-corrected chi connectivity index (χ1v) is 8.57. The molecule has 0 aliphatic carbocycles. The summed E-state index contributed by atoms with van der Waals surface area (Å²) in [6.07, 6.45) is 2.33. The van der Waals surface area contributed by atoms with E-state index in [0.717, 1.165) is 33.9 Å². The summed E-state index contributed by atoms with van der Waals surface area (Å²) in [5, 5.41) is 0. The van der Waals surface area contributed by atoms with Crippen LogP contribution in [0.4, 0.5) is 0 Å². The highest BCUT2D eigenvalue weighted by Gasteiger charge is 2.22. The van der Waals surface area contributed by atoms with Crippen molar-refractivity contribution in [2.24, 2.45) is 5.73 Å². The summed E-state index contributed by atoms with van der Waals surface area (Å²) < 4.78 is 12.4. The van der Waals surface area contributed by atoms with Crippen LogP contribution in [-0.2, 0) is 16.0 Å². The molecule has 26 heavy (non-hydrogen) atoms. The van der Waals surface area contributed by atoms with Gasteiger partial charge in [-0.1, -0.05) is 18.2 Å². The highest BCUT2D eigenvalue weighted by atomic mass is 16.5. The van der Waals surface area contributed by atoms with E-state index in [1.807, 2.05) is 53.9 Å². The zero-order valence-corrected chi connectivity index (χ0v) is 15.2. The van der Waals surface area contributed by atoms with Gasteiger partial charge in [-0.25, -0.2) is 4.98 Å². The summed E-state index contributed by atoms with van der Waals surface area (Å²) in [5.41, 5.74) is 10.6. The smallest absolute Gasteiger partial charge is 0.323 e. The normalized spacial score (nSPS) is 12.2. The molecule has 1 aromatic carbocycles. The van der Waals surface area contributed by atoms with E-state index in [9.17, 15) is 4.79 Å². The van der Waals surface area contributed by atoms with Crippen molar-refractivity contribution in [1.29, 1.82) is 0 Å². The van der Waals surface area contributed by atoms with Gasteiger partial charge in [0.2, 0.25) is 0 Å². The highest BCUT2D eigenvalue weighted by Crippen LogP contribution is 2.28. The summed E-state index contributed by atoms with van der Waals surface area (Å²) in [6, 6.07) is 10.9. The van der Waals surface area contributed by atoms with Crippen molar-refractivity contribution in [3.05, 3.63) is 53.9 Å². The Morgan fingerprint density at radius 1 is 1.31 bits per heavy atom. The van der Waals surface area contributed by atoms with Gasteiger partial charge in [0.05, 0.1) is 25.1 Å². The fraction of sp³-hybridized carbons (Fsp3) is 0.300. The summed E-state index contributed by atoms with van der Waals surface area (Å²) in [4.78, 5) is 16.8. The number of rotatable bonds is 6. The molecule has 0 bridgehead atoms. The molecule has 1 unspecified atom stereocenters. The molecule has 2 N–H and O–H groups in total.